The first-order valence-electron chi connectivity index (χ1n) is 4.43. The summed E-state index contributed by atoms with van der Waals surface area (Å²) in [6, 6.07) is 8.31. The first-order valence-corrected chi connectivity index (χ1v) is 5.23. The molecule has 0 aromatic heterocycles. The molecule has 0 amide bonds. The number of anilines is 1. The van der Waals surface area contributed by atoms with E-state index >= 15 is 0 Å². The third kappa shape index (κ3) is 2.85. The van der Waals surface area contributed by atoms with Gasteiger partial charge in [-0.1, -0.05) is 51.6 Å². The van der Waals surface area contributed by atoms with Crippen molar-refractivity contribution in [1.82, 2.24) is 0 Å². The highest BCUT2D eigenvalue weighted by Gasteiger charge is 2.02. The first-order chi connectivity index (χ1) is 6.15. The summed E-state index contributed by atoms with van der Waals surface area (Å²) >= 11 is 8.19. The minimum Gasteiger partial charge on any atom is -0.265 e. The standard InChI is InChI=1S/C10H15NS2/c1-3-8(2)9-4-6-10(7-5-9)11(12)13/h4-8,12-13H,3H2,1-2H3. The summed E-state index contributed by atoms with van der Waals surface area (Å²) in [5.74, 6) is 0.627. The molecular formula is C10H15NS2. The fourth-order valence-electron chi connectivity index (χ4n) is 1.17. The molecule has 0 N–H and O–H groups in total. The zero-order chi connectivity index (χ0) is 9.84. The fourth-order valence-corrected chi connectivity index (χ4v) is 1.44. The largest absolute Gasteiger partial charge is 0.265 e. The van der Waals surface area contributed by atoms with Crippen LogP contribution in [0.1, 0.15) is 31.7 Å². The predicted molar refractivity (Wildman–Crippen MR) is 65.6 cm³/mol. The quantitative estimate of drug-likeness (QED) is 0.724. The van der Waals surface area contributed by atoms with Crippen molar-refractivity contribution in [2.75, 3.05) is 3.71 Å². The maximum Gasteiger partial charge on any atom is 0.0588 e. The van der Waals surface area contributed by atoms with Crippen LogP contribution < -0.4 is 3.71 Å². The second-order valence-corrected chi connectivity index (χ2v) is 4.31. The first kappa shape index (κ1) is 10.8. The molecule has 0 saturated heterocycles. The van der Waals surface area contributed by atoms with Crippen LogP contribution in [0.5, 0.6) is 0 Å². The zero-order valence-electron chi connectivity index (χ0n) is 7.94. The molecule has 0 aliphatic rings. The molecule has 0 radical (unpaired) electrons. The Morgan fingerprint density at radius 1 is 1.23 bits per heavy atom. The normalized spacial score (nSPS) is 12.6. The SMILES string of the molecule is CCC(C)c1ccc(N(S)S)cc1. The van der Waals surface area contributed by atoms with Gasteiger partial charge in [-0.25, -0.2) is 0 Å². The van der Waals surface area contributed by atoms with Gasteiger partial charge in [0.05, 0.1) is 5.69 Å². The Bertz CT molecular complexity index is 256. The molecule has 0 aliphatic heterocycles. The van der Waals surface area contributed by atoms with E-state index in [9.17, 15) is 0 Å². The van der Waals surface area contributed by atoms with Gasteiger partial charge in [-0.05, 0) is 30.0 Å². The highest BCUT2D eigenvalue weighted by atomic mass is 32.2. The molecule has 0 heterocycles. The van der Waals surface area contributed by atoms with E-state index < -0.39 is 0 Å². The minimum absolute atomic E-state index is 0.627. The van der Waals surface area contributed by atoms with Gasteiger partial charge in [0, 0.05) is 0 Å². The summed E-state index contributed by atoms with van der Waals surface area (Å²) in [4.78, 5) is 0. The molecule has 0 fully saturated rings. The molecule has 1 atom stereocenters. The van der Waals surface area contributed by atoms with Crippen molar-refractivity contribution in [2.24, 2.45) is 0 Å². The topological polar surface area (TPSA) is 3.24 Å². The average molecular weight is 213 g/mol. The van der Waals surface area contributed by atoms with Crippen LogP contribution in [-0.4, -0.2) is 0 Å². The summed E-state index contributed by atoms with van der Waals surface area (Å²) < 4.78 is 1.51. The Kier molecular flexibility index (Phi) is 4.00. The third-order valence-corrected chi connectivity index (χ3v) is 2.77. The van der Waals surface area contributed by atoms with E-state index in [0.717, 1.165) is 5.69 Å². The third-order valence-electron chi connectivity index (χ3n) is 2.31. The van der Waals surface area contributed by atoms with Gasteiger partial charge in [-0.2, -0.15) is 0 Å². The summed E-state index contributed by atoms with van der Waals surface area (Å²) in [6.07, 6.45) is 1.17. The highest BCUT2D eigenvalue weighted by Crippen LogP contribution is 2.23. The summed E-state index contributed by atoms with van der Waals surface area (Å²) in [7, 11) is 0. The fraction of sp³-hybridized carbons (Fsp3) is 0.400. The Morgan fingerprint density at radius 2 is 1.77 bits per heavy atom. The van der Waals surface area contributed by atoms with Crippen molar-refractivity contribution in [3.63, 3.8) is 0 Å². The Morgan fingerprint density at radius 3 is 2.15 bits per heavy atom. The van der Waals surface area contributed by atoms with Crippen molar-refractivity contribution in [2.45, 2.75) is 26.2 Å². The number of benzene rings is 1. The summed E-state index contributed by atoms with van der Waals surface area (Å²) in [5.41, 5.74) is 2.37. The Hall–Kier alpha value is -0.280. The van der Waals surface area contributed by atoms with Crippen LogP contribution >= 0.6 is 25.6 Å². The lowest BCUT2D eigenvalue weighted by Gasteiger charge is -2.12. The van der Waals surface area contributed by atoms with Crippen molar-refractivity contribution in [1.29, 1.82) is 0 Å². The molecule has 1 rings (SSSR count). The maximum absolute atomic E-state index is 4.09. The van der Waals surface area contributed by atoms with E-state index in [1.165, 1.54) is 15.7 Å². The number of hydrogen-bond acceptors (Lipinski definition) is 3. The lowest BCUT2D eigenvalue weighted by Crippen LogP contribution is -1.94. The van der Waals surface area contributed by atoms with Gasteiger partial charge in [-0.3, -0.25) is 3.71 Å². The highest BCUT2D eigenvalue weighted by molar-refractivity contribution is 8.00. The van der Waals surface area contributed by atoms with Crippen LogP contribution in [0.15, 0.2) is 24.3 Å². The van der Waals surface area contributed by atoms with Crippen molar-refractivity contribution < 1.29 is 0 Å². The van der Waals surface area contributed by atoms with Gasteiger partial charge in [0.1, 0.15) is 0 Å². The molecule has 3 heteroatoms. The molecule has 0 bridgehead atoms. The molecule has 1 aromatic carbocycles. The van der Waals surface area contributed by atoms with Crippen LogP contribution in [0.3, 0.4) is 0 Å². The minimum atomic E-state index is 0.627. The van der Waals surface area contributed by atoms with E-state index in [-0.39, 0.29) is 0 Å². The summed E-state index contributed by atoms with van der Waals surface area (Å²) in [5, 5.41) is 0. The molecule has 13 heavy (non-hydrogen) atoms. The van der Waals surface area contributed by atoms with E-state index in [1.807, 2.05) is 12.1 Å². The van der Waals surface area contributed by atoms with Crippen molar-refractivity contribution >= 4 is 31.3 Å². The predicted octanol–water partition coefficient (Wildman–Crippen LogP) is 3.70. The monoisotopic (exact) mass is 213 g/mol. The van der Waals surface area contributed by atoms with Crippen LogP contribution in [-0.2, 0) is 0 Å². The molecule has 1 aromatic rings. The van der Waals surface area contributed by atoms with Gasteiger partial charge < -0.3 is 0 Å². The molecule has 1 nitrogen and oxygen atoms in total. The van der Waals surface area contributed by atoms with Gasteiger partial charge in [0.2, 0.25) is 0 Å². The molecule has 0 spiro atoms. The lowest BCUT2D eigenvalue weighted by molar-refractivity contribution is 0.734. The van der Waals surface area contributed by atoms with E-state index in [2.05, 4.69) is 51.6 Å². The molecule has 0 aliphatic carbocycles. The van der Waals surface area contributed by atoms with E-state index in [1.54, 1.807) is 0 Å². The van der Waals surface area contributed by atoms with E-state index in [0.29, 0.717) is 5.92 Å². The Labute approximate surface area is 91.2 Å². The molecule has 1 unspecified atom stereocenters. The second-order valence-electron chi connectivity index (χ2n) is 3.19. The van der Waals surface area contributed by atoms with E-state index in [4.69, 9.17) is 0 Å². The number of nitrogens with zero attached hydrogens (tertiary/aromatic N) is 1. The number of hydrogen-bond donors (Lipinski definition) is 2. The van der Waals surface area contributed by atoms with Crippen LogP contribution in [0, 0.1) is 0 Å². The molecular weight excluding hydrogens is 198 g/mol. The van der Waals surface area contributed by atoms with Crippen LogP contribution in [0.4, 0.5) is 5.69 Å². The molecule has 72 valence electrons. The number of rotatable bonds is 3. The van der Waals surface area contributed by atoms with Gasteiger partial charge >= 0.3 is 0 Å². The number of thiol groups is 2. The summed E-state index contributed by atoms with van der Waals surface area (Å²) in [6.45, 7) is 4.43. The van der Waals surface area contributed by atoms with Gasteiger partial charge in [0.15, 0.2) is 0 Å². The maximum atomic E-state index is 4.09. The van der Waals surface area contributed by atoms with Crippen molar-refractivity contribution in [3.05, 3.63) is 29.8 Å². The van der Waals surface area contributed by atoms with Crippen LogP contribution in [0.25, 0.3) is 0 Å². The van der Waals surface area contributed by atoms with Gasteiger partial charge in [-0.15, -0.1) is 0 Å². The average Bonchev–Trinajstić information content (AvgIpc) is 2.17. The molecule has 0 saturated carbocycles. The second kappa shape index (κ2) is 4.82. The van der Waals surface area contributed by atoms with Crippen LogP contribution in [0.2, 0.25) is 0 Å². The smallest absolute Gasteiger partial charge is 0.0588 e. The Balaban J connectivity index is 2.81. The zero-order valence-corrected chi connectivity index (χ0v) is 9.72. The van der Waals surface area contributed by atoms with Crippen molar-refractivity contribution in [3.8, 4) is 0 Å². The van der Waals surface area contributed by atoms with Gasteiger partial charge in [0.25, 0.3) is 0 Å². The lowest BCUT2D eigenvalue weighted by atomic mass is 9.99.